The second-order valence-electron chi connectivity index (χ2n) is 4.82. The average Bonchev–Trinajstić information content (AvgIpc) is 2.81. The Bertz CT molecular complexity index is 331. The number of hydrogen-bond acceptors (Lipinski definition) is 5. The van der Waals surface area contributed by atoms with Crippen molar-refractivity contribution in [2.45, 2.75) is 19.8 Å². The summed E-state index contributed by atoms with van der Waals surface area (Å²) < 4.78 is 0. The van der Waals surface area contributed by atoms with Gasteiger partial charge in [0.1, 0.15) is 11.6 Å². The van der Waals surface area contributed by atoms with Crippen molar-refractivity contribution in [3.8, 4) is 0 Å². The largest absolute Gasteiger partial charge is 0.382 e. The first-order chi connectivity index (χ1) is 8.24. The number of hydrogen-bond donors (Lipinski definition) is 2. The molecule has 0 spiro atoms. The van der Waals surface area contributed by atoms with E-state index in [0.717, 1.165) is 18.9 Å². The molecule has 0 aliphatic carbocycles. The molecule has 1 unspecified atom stereocenters. The molecule has 0 aromatic carbocycles. The maximum absolute atomic E-state index is 5.48. The Hall–Kier alpha value is -1.36. The standard InChI is InChI=1S/C12H21N5/c1-10(9-17-4-2-3-5-17)6-15-12-8-14-11(13)7-16-12/h7-8,10H,2-6,9H2,1H3,(H2,13,14)(H,15,16). The minimum absolute atomic E-state index is 0.459. The summed E-state index contributed by atoms with van der Waals surface area (Å²) in [7, 11) is 0. The molecule has 1 aromatic rings. The number of likely N-dealkylation sites (tertiary alicyclic amines) is 1. The van der Waals surface area contributed by atoms with Crippen LogP contribution in [0.3, 0.4) is 0 Å². The summed E-state index contributed by atoms with van der Waals surface area (Å²) in [6, 6.07) is 0. The molecule has 0 amide bonds. The van der Waals surface area contributed by atoms with Gasteiger partial charge in [0.05, 0.1) is 12.4 Å². The van der Waals surface area contributed by atoms with Gasteiger partial charge in [-0.3, -0.25) is 0 Å². The summed E-state index contributed by atoms with van der Waals surface area (Å²) in [5, 5.41) is 3.29. The zero-order valence-electron chi connectivity index (χ0n) is 10.4. The molecule has 1 aliphatic rings. The van der Waals surface area contributed by atoms with Gasteiger partial charge in [-0.1, -0.05) is 6.92 Å². The number of rotatable bonds is 5. The van der Waals surface area contributed by atoms with Gasteiger partial charge < -0.3 is 16.0 Å². The van der Waals surface area contributed by atoms with Crippen molar-refractivity contribution in [2.24, 2.45) is 5.92 Å². The molecule has 1 fully saturated rings. The van der Waals surface area contributed by atoms with E-state index in [4.69, 9.17) is 5.73 Å². The lowest BCUT2D eigenvalue weighted by Gasteiger charge is -2.20. The van der Waals surface area contributed by atoms with E-state index in [1.807, 2.05) is 0 Å². The van der Waals surface area contributed by atoms with E-state index in [1.165, 1.54) is 25.9 Å². The van der Waals surface area contributed by atoms with Crippen LogP contribution in [-0.4, -0.2) is 41.0 Å². The number of nitrogens with zero attached hydrogens (tertiary/aromatic N) is 3. The highest BCUT2D eigenvalue weighted by molar-refractivity contribution is 5.35. The Morgan fingerprint density at radius 3 is 2.76 bits per heavy atom. The van der Waals surface area contributed by atoms with Crippen LogP contribution in [-0.2, 0) is 0 Å². The van der Waals surface area contributed by atoms with Crippen LogP contribution in [0, 0.1) is 5.92 Å². The second kappa shape index (κ2) is 5.82. The first-order valence-corrected chi connectivity index (χ1v) is 6.28. The summed E-state index contributed by atoms with van der Waals surface area (Å²) in [4.78, 5) is 10.7. The topological polar surface area (TPSA) is 67.1 Å². The number of nitrogens with two attached hydrogens (primary N) is 1. The zero-order valence-corrected chi connectivity index (χ0v) is 10.4. The summed E-state index contributed by atoms with van der Waals surface area (Å²) in [5.41, 5.74) is 5.48. The molecule has 2 rings (SSSR count). The van der Waals surface area contributed by atoms with Gasteiger partial charge in [-0.2, -0.15) is 0 Å². The molecular weight excluding hydrogens is 214 g/mol. The van der Waals surface area contributed by atoms with Gasteiger partial charge in [-0.25, -0.2) is 9.97 Å². The summed E-state index contributed by atoms with van der Waals surface area (Å²) in [5.74, 6) is 1.88. The SMILES string of the molecule is CC(CNc1cnc(N)cn1)CN1CCCC1. The fraction of sp³-hybridized carbons (Fsp3) is 0.667. The highest BCUT2D eigenvalue weighted by Gasteiger charge is 2.14. The third-order valence-corrected chi connectivity index (χ3v) is 3.07. The van der Waals surface area contributed by atoms with Crippen LogP contribution in [0.1, 0.15) is 19.8 Å². The lowest BCUT2D eigenvalue weighted by atomic mass is 10.1. The number of nitrogens with one attached hydrogen (secondary N) is 1. The van der Waals surface area contributed by atoms with Gasteiger partial charge in [0, 0.05) is 13.1 Å². The van der Waals surface area contributed by atoms with E-state index >= 15 is 0 Å². The van der Waals surface area contributed by atoms with Crippen LogP contribution in [0.5, 0.6) is 0 Å². The van der Waals surface area contributed by atoms with Crippen molar-refractivity contribution in [3.05, 3.63) is 12.4 Å². The quantitative estimate of drug-likeness (QED) is 0.802. The molecule has 5 heteroatoms. The molecule has 1 atom stereocenters. The van der Waals surface area contributed by atoms with Gasteiger partial charge >= 0.3 is 0 Å². The Labute approximate surface area is 102 Å². The summed E-state index contributed by atoms with van der Waals surface area (Å²) >= 11 is 0. The number of anilines is 2. The fourth-order valence-electron chi connectivity index (χ4n) is 2.18. The minimum Gasteiger partial charge on any atom is -0.382 e. The lowest BCUT2D eigenvalue weighted by molar-refractivity contribution is 0.294. The number of aromatic nitrogens is 2. The van der Waals surface area contributed by atoms with Crippen molar-refractivity contribution in [1.29, 1.82) is 0 Å². The molecule has 0 saturated carbocycles. The van der Waals surface area contributed by atoms with Crippen LogP contribution in [0.4, 0.5) is 11.6 Å². The van der Waals surface area contributed by atoms with Gasteiger partial charge in [-0.05, 0) is 31.8 Å². The van der Waals surface area contributed by atoms with E-state index in [0.29, 0.717) is 11.7 Å². The highest BCUT2D eigenvalue weighted by Crippen LogP contribution is 2.11. The third kappa shape index (κ3) is 3.85. The second-order valence-corrected chi connectivity index (χ2v) is 4.82. The first kappa shape index (κ1) is 12.1. The monoisotopic (exact) mass is 235 g/mol. The third-order valence-electron chi connectivity index (χ3n) is 3.07. The van der Waals surface area contributed by atoms with Crippen molar-refractivity contribution >= 4 is 11.6 Å². The van der Waals surface area contributed by atoms with Crippen LogP contribution in [0.15, 0.2) is 12.4 Å². The molecule has 0 radical (unpaired) electrons. The number of nitrogen functional groups attached to an aromatic ring is 1. The van der Waals surface area contributed by atoms with Crippen molar-refractivity contribution in [3.63, 3.8) is 0 Å². The molecule has 17 heavy (non-hydrogen) atoms. The predicted molar refractivity (Wildman–Crippen MR) is 69.8 cm³/mol. The molecule has 1 aromatic heterocycles. The minimum atomic E-state index is 0.459. The molecule has 5 nitrogen and oxygen atoms in total. The smallest absolute Gasteiger partial charge is 0.144 e. The van der Waals surface area contributed by atoms with Gasteiger partial charge in [0.25, 0.3) is 0 Å². The van der Waals surface area contributed by atoms with Gasteiger partial charge in [0.15, 0.2) is 0 Å². The Morgan fingerprint density at radius 1 is 1.35 bits per heavy atom. The lowest BCUT2D eigenvalue weighted by Crippen LogP contribution is -2.29. The maximum atomic E-state index is 5.48. The Morgan fingerprint density at radius 2 is 2.12 bits per heavy atom. The molecular formula is C12H21N5. The van der Waals surface area contributed by atoms with Gasteiger partial charge in [-0.15, -0.1) is 0 Å². The molecule has 94 valence electrons. The molecule has 1 saturated heterocycles. The maximum Gasteiger partial charge on any atom is 0.144 e. The van der Waals surface area contributed by atoms with E-state index in [2.05, 4.69) is 27.1 Å². The summed E-state index contributed by atoms with van der Waals surface area (Å²) in [6.07, 6.45) is 5.96. The molecule has 1 aliphatic heterocycles. The van der Waals surface area contributed by atoms with Crippen molar-refractivity contribution in [1.82, 2.24) is 14.9 Å². The van der Waals surface area contributed by atoms with E-state index in [1.54, 1.807) is 12.4 Å². The Kier molecular flexibility index (Phi) is 4.14. The van der Waals surface area contributed by atoms with Gasteiger partial charge in [0.2, 0.25) is 0 Å². The first-order valence-electron chi connectivity index (χ1n) is 6.28. The average molecular weight is 235 g/mol. The fourth-order valence-corrected chi connectivity index (χ4v) is 2.18. The van der Waals surface area contributed by atoms with E-state index < -0.39 is 0 Å². The Balaban J connectivity index is 1.71. The molecule has 2 heterocycles. The van der Waals surface area contributed by atoms with E-state index in [9.17, 15) is 0 Å². The van der Waals surface area contributed by atoms with Crippen LogP contribution in [0.25, 0.3) is 0 Å². The van der Waals surface area contributed by atoms with Crippen LogP contribution >= 0.6 is 0 Å². The zero-order chi connectivity index (χ0) is 12.1. The molecule has 3 N–H and O–H groups in total. The normalized spacial score (nSPS) is 18.2. The summed E-state index contributed by atoms with van der Waals surface area (Å²) in [6.45, 7) is 6.86. The van der Waals surface area contributed by atoms with E-state index in [-0.39, 0.29) is 0 Å². The van der Waals surface area contributed by atoms with Crippen LogP contribution in [0.2, 0.25) is 0 Å². The van der Waals surface area contributed by atoms with Crippen molar-refractivity contribution in [2.75, 3.05) is 37.2 Å². The van der Waals surface area contributed by atoms with Crippen molar-refractivity contribution < 1.29 is 0 Å². The highest BCUT2D eigenvalue weighted by atomic mass is 15.1. The van der Waals surface area contributed by atoms with Crippen LogP contribution < -0.4 is 11.1 Å². The predicted octanol–water partition coefficient (Wildman–Crippen LogP) is 1.20. The molecule has 0 bridgehead atoms.